The SMILES string of the molecule is C=C[C@@H]1C[C@]1(CC(=O)[C@@H]1C[C@@H](Oc2cc(-c3csc(NC(C)C)n3)nc3cc(OC)ccc23)CN1C(=O)[C@@H](N)C(C)(C)C)C(=O)OC.C=C[C@@H]1C[C@]1(N)C(=O)OC.COc1ccc2c(OC3C[C@@H](C(=O)O)N(C(=O)[C@@H](CC(=O)OC(C)(C)C)C(C)(C)C)C3)cc(-c3csc(NC(C)C)n3)nc2c1.Cl. The second kappa shape index (κ2) is 33.1. The Hall–Kier alpha value is -8.50. The highest BCUT2D eigenvalue weighted by Gasteiger charge is 2.62. The van der Waals surface area contributed by atoms with Gasteiger partial charge in [0, 0.05) is 83.1 Å². The van der Waals surface area contributed by atoms with E-state index >= 15 is 0 Å². The average Bonchev–Trinajstić information content (AvgIpc) is 1.57. The summed E-state index contributed by atoms with van der Waals surface area (Å²) in [6.45, 7) is 32.3. The Bertz CT molecular complexity index is 4110. The number of thiazole rings is 2. The van der Waals surface area contributed by atoms with Gasteiger partial charge in [0.15, 0.2) is 16.0 Å². The molecule has 6 aromatic rings. The molecular formula is C75H101ClN10O15S2. The molecule has 4 aromatic heterocycles. The monoisotopic (exact) mass is 1480 g/mol. The number of methoxy groups -OCH3 is 4. The fourth-order valence-corrected chi connectivity index (χ4v) is 14.2. The number of ketones is 1. The molecule has 10 rings (SSSR count). The molecule has 25 nitrogen and oxygen atoms in total. The van der Waals surface area contributed by atoms with E-state index in [1.54, 1.807) is 65.3 Å². The van der Waals surface area contributed by atoms with Gasteiger partial charge in [0.25, 0.3) is 0 Å². The number of Topliss-reactive ketones (excluding diaryl/α,β-unsaturated/α-hetero) is 1. The zero-order valence-electron chi connectivity index (χ0n) is 62.0. The highest BCUT2D eigenvalue weighted by molar-refractivity contribution is 7.14. The standard InChI is InChI=1S/C35H45N5O6S.C33H44N4O7S.C7H11NO2.ClH/c1-9-20-15-35(20,32(43)45-8)16-28(41)27-13-22(17-40(27)31(42)30(36)34(4,5)6)46-29-14-25(26-18-47-33(39-26)37-19(2)3)38-24-12-21(44-7)10-11-23(24)29;1-18(2)34-31-36-25(17-45-31)24-15-27(21-11-10-19(42-9)12-23(21)35-24)43-20-13-26(30(40)41)37(16-20)29(39)22(32(3,4)5)14-28(38)44-33(6,7)8;1-3-5-4-7(5,8)6(9)10-2;/h9-12,14,18-20,22,27,30H,1,13,15-17,36H2,2-8H3,(H,37,39);10-12,15,17-18,20,22,26H,13-14,16H2,1-9H3,(H,34,36)(H,40,41);3,5H,1,4,8H2,2H3;1H/t20-,22-,27+,30-,35-;20?,22-,26+;5-,7-;/m111./s1. The molecule has 1 unspecified atom stereocenters. The molecule has 2 aromatic carbocycles. The number of rotatable bonds is 24. The van der Waals surface area contributed by atoms with Crippen LogP contribution in [0.25, 0.3) is 44.6 Å². The third-order valence-corrected chi connectivity index (χ3v) is 19.9. The summed E-state index contributed by atoms with van der Waals surface area (Å²) in [5, 5.41) is 23.6. The Kier molecular flexibility index (Phi) is 26.3. The lowest BCUT2D eigenvalue weighted by atomic mass is 9.77. The Morgan fingerprint density at radius 2 is 1.12 bits per heavy atom. The summed E-state index contributed by atoms with van der Waals surface area (Å²) < 4.78 is 39.1. The first-order chi connectivity index (χ1) is 47.8. The highest BCUT2D eigenvalue weighted by atomic mass is 35.5. The Balaban J connectivity index is 0.000000251. The number of carboxylic acids is 1. The van der Waals surface area contributed by atoms with Gasteiger partial charge in [0.2, 0.25) is 11.8 Å². The van der Waals surface area contributed by atoms with Crippen molar-refractivity contribution >= 4 is 109 Å². The number of benzene rings is 2. The van der Waals surface area contributed by atoms with E-state index in [4.69, 9.17) is 59.8 Å². The molecule has 0 radical (unpaired) electrons. The van der Waals surface area contributed by atoms with E-state index in [1.165, 1.54) is 46.7 Å². The number of esters is 3. The number of fused-ring (bicyclic) bond motifs is 2. The maximum absolute atomic E-state index is 14.0. The first kappa shape index (κ1) is 81.8. The van der Waals surface area contributed by atoms with Crippen LogP contribution in [0.1, 0.15) is 129 Å². The van der Waals surface area contributed by atoms with Gasteiger partial charge in [-0.2, -0.15) is 0 Å². The van der Waals surface area contributed by atoms with Crippen LogP contribution in [-0.4, -0.2) is 171 Å². The van der Waals surface area contributed by atoms with Gasteiger partial charge in [-0.15, -0.1) is 48.2 Å². The molecule has 2 aliphatic heterocycles. The van der Waals surface area contributed by atoms with E-state index in [9.17, 15) is 38.7 Å². The van der Waals surface area contributed by atoms with Crippen LogP contribution in [0.2, 0.25) is 0 Å². The van der Waals surface area contributed by atoms with Gasteiger partial charge in [-0.3, -0.25) is 28.8 Å². The fourth-order valence-electron chi connectivity index (χ4n) is 12.5. The van der Waals surface area contributed by atoms with E-state index in [-0.39, 0.29) is 92.8 Å². The summed E-state index contributed by atoms with van der Waals surface area (Å²) in [6, 6.07) is 12.3. The number of carbonyl (C=O) groups is 7. The van der Waals surface area contributed by atoms with Crippen LogP contribution >= 0.6 is 35.1 Å². The zero-order valence-corrected chi connectivity index (χ0v) is 64.4. The second-order valence-electron chi connectivity index (χ2n) is 30.2. The van der Waals surface area contributed by atoms with Crippen molar-refractivity contribution in [2.24, 2.45) is 45.5 Å². The number of ether oxygens (including phenoxy) is 7. The van der Waals surface area contributed by atoms with Gasteiger partial charge >= 0.3 is 23.9 Å². The molecule has 560 valence electrons. The molecule has 2 saturated heterocycles. The van der Waals surface area contributed by atoms with E-state index in [2.05, 4.69) is 28.5 Å². The number of nitrogens with zero attached hydrogens (tertiary/aromatic N) is 6. The molecule has 6 heterocycles. The summed E-state index contributed by atoms with van der Waals surface area (Å²) in [7, 11) is 5.84. The maximum atomic E-state index is 14.0. The molecule has 2 saturated carbocycles. The van der Waals surface area contributed by atoms with Crippen molar-refractivity contribution in [3.05, 3.63) is 84.6 Å². The first-order valence-electron chi connectivity index (χ1n) is 34.1. The number of likely N-dealkylation sites (tertiary alicyclic amines) is 2. The molecule has 28 heteroatoms. The lowest BCUT2D eigenvalue weighted by Crippen LogP contribution is -2.53. The number of carboxylic acid groups (broad SMARTS) is 1. The van der Waals surface area contributed by atoms with E-state index in [1.807, 2.05) is 110 Å². The third-order valence-electron chi connectivity index (χ3n) is 18.4. The summed E-state index contributed by atoms with van der Waals surface area (Å²) in [4.78, 5) is 113. The maximum Gasteiger partial charge on any atom is 0.326 e. The summed E-state index contributed by atoms with van der Waals surface area (Å²) in [5.74, 6) is -1.90. The van der Waals surface area contributed by atoms with Gasteiger partial charge in [0.05, 0.1) is 93.8 Å². The molecule has 103 heavy (non-hydrogen) atoms. The molecule has 4 aliphatic rings. The van der Waals surface area contributed by atoms with E-state index in [0.717, 1.165) is 15.6 Å². The van der Waals surface area contributed by atoms with Gasteiger partial charge in [-0.05, 0) is 102 Å². The number of hydrogen-bond acceptors (Lipinski definition) is 24. The number of hydrogen-bond donors (Lipinski definition) is 5. The lowest BCUT2D eigenvalue weighted by Gasteiger charge is -2.34. The normalized spacial score (nSPS) is 21.8. The van der Waals surface area contributed by atoms with Crippen molar-refractivity contribution in [1.29, 1.82) is 0 Å². The fraction of sp³-hybridized carbons (Fsp3) is 0.533. The number of nitrogens with one attached hydrogen (secondary N) is 2. The number of pyridine rings is 2. The van der Waals surface area contributed by atoms with Crippen LogP contribution in [0.5, 0.6) is 23.0 Å². The molecule has 10 atom stereocenters. The van der Waals surface area contributed by atoms with Crippen LogP contribution in [0.4, 0.5) is 10.3 Å². The smallest absolute Gasteiger partial charge is 0.326 e. The van der Waals surface area contributed by atoms with Crippen molar-refractivity contribution in [3.63, 3.8) is 0 Å². The van der Waals surface area contributed by atoms with Crippen molar-refractivity contribution in [1.82, 2.24) is 29.7 Å². The molecule has 2 aliphatic carbocycles. The van der Waals surface area contributed by atoms with Crippen LogP contribution in [-0.2, 0) is 47.8 Å². The van der Waals surface area contributed by atoms with Gasteiger partial charge in [-0.25, -0.2) is 24.7 Å². The minimum Gasteiger partial charge on any atom is -0.497 e. The number of aliphatic carboxylic acids is 1. The van der Waals surface area contributed by atoms with Crippen molar-refractivity contribution in [2.75, 3.05) is 52.2 Å². The summed E-state index contributed by atoms with van der Waals surface area (Å²) in [5.41, 5.74) is 12.3. The molecular weight excluding hydrogens is 1380 g/mol. The zero-order chi connectivity index (χ0) is 75.3. The van der Waals surface area contributed by atoms with Crippen LogP contribution < -0.4 is 41.0 Å². The molecule has 0 bridgehead atoms. The largest absolute Gasteiger partial charge is 0.497 e. The van der Waals surface area contributed by atoms with Crippen LogP contribution in [0.3, 0.4) is 0 Å². The van der Waals surface area contributed by atoms with Crippen LogP contribution in [0.15, 0.2) is 84.6 Å². The average molecular weight is 1480 g/mol. The predicted molar refractivity (Wildman–Crippen MR) is 401 cm³/mol. The number of amides is 2. The van der Waals surface area contributed by atoms with Crippen molar-refractivity contribution < 1.29 is 71.8 Å². The number of aromatic nitrogens is 4. The van der Waals surface area contributed by atoms with Crippen LogP contribution in [0, 0.1) is 34.0 Å². The number of nitrogens with two attached hydrogens (primary N) is 2. The number of halogens is 1. The minimum absolute atomic E-state index is 0. The molecule has 4 fully saturated rings. The molecule has 2 amide bonds. The van der Waals surface area contributed by atoms with E-state index < -0.39 is 87.5 Å². The summed E-state index contributed by atoms with van der Waals surface area (Å²) in [6.07, 6.45) is 3.50. The topological polar surface area (TPSA) is 338 Å². The molecule has 0 spiro atoms. The number of carbonyl (C=O) groups excluding carboxylic acids is 6. The first-order valence-corrected chi connectivity index (χ1v) is 35.9. The minimum atomic E-state index is -1.13. The van der Waals surface area contributed by atoms with E-state index in [0.29, 0.717) is 75.0 Å². The van der Waals surface area contributed by atoms with Gasteiger partial charge in [-0.1, -0.05) is 53.7 Å². The Labute approximate surface area is 617 Å². The second-order valence-corrected chi connectivity index (χ2v) is 31.9. The number of allylic oxidation sites excluding steroid dienone is 1. The predicted octanol–water partition coefficient (Wildman–Crippen LogP) is 11.7. The third kappa shape index (κ3) is 19.7. The van der Waals surface area contributed by atoms with Crippen molar-refractivity contribution in [3.8, 4) is 45.8 Å². The Morgan fingerprint density at radius 3 is 1.50 bits per heavy atom. The van der Waals surface area contributed by atoms with Crippen molar-refractivity contribution in [2.45, 2.75) is 182 Å². The van der Waals surface area contributed by atoms with Gasteiger partial charge in [0.1, 0.15) is 63.8 Å². The Morgan fingerprint density at radius 1 is 0.650 bits per heavy atom. The highest BCUT2D eigenvalue weighted by Crippen LogP contribution is 2.57. The summed E-state index contributed by atoms with van der Waals surface area (Å²) >= 11 is 2.96. The quantitative estimate of drug-likeness (QED) is 0.0213. The number of anilines is 2. The molecule has 7 N–H and O–H groups in total. The van der Waals surface area contributed by atoms with Gasteiger partial charge < -0.3 is 70.2 Å². The lowest BCUT2D eigenvalue weighted by molar-refractivity contribution is -0.161.